The first-order valence-corrected chi connectivity index (χ1v) is 10.2. The Kier molecular flexibility index (Phi) is 4.83. The second-order valence-corrected chi connectivity index (χ2v) is 7.78. The van der Waals surface area contributed by atoms with Gasteiger partial charge in [-0.2, -0.15) is 0 Å². The zero-order valence-corrected chi connectivity index (χ0v) is 16.4. The molecule has 1 unspecified atom stereocenters. The molecule has 2 heteroatoms. The minimum atomic E-state index is 0.495. The Morgan fingerprint density at radius 1 is 0.828 bits per heavy atom. The lowest BCUT2D eigenvalue weighted by atomic mass is 9.92. The average Bonchev–Trinajstić information content (AvgIpc) is 3.34. The summed E-state index contributed by atoms with van der Waals surface area (Å²) in [5.41, 5.74) is 8.12. The molecule has 1 aliphatic carbocycles. The number of hydrogen-bond acceptors (Lipinski definition) is 1. The molecule has 3 aromatic carbocycles. The van der Waals surface area contributed by atoms with Crippen LogP contribution < -0.4 is 0 Å². The molecule has 5 rings (SSSR count). The highest BCUT2D eigenvalue weighted by Crippen LogP contribution is 2.40. The SMILES string of the molecule is C(=C1c2ccccc2CC1Cc1ccccc1)c1cncn1Cc1ccccc1. The topological polar surface area (TPSA) is 17.8 Å². The van der Waals surface area contributed by atoms with Gasteiger partial charge in [0.05, 0.1) is 18.2 Å². The van der Waals surface area contributed by atoms with Crippen LogP contribution in [0.1, 0.15) is 27.9 Å². The van der Waals surface area contributed by atoms with E-state index in [1.807, 2.05) is 12.5 Å². The number of hydrogen-bond donors (Lipinski definition) is 0. The van der Waals surface area contributed by atoms with Crippen LogP contribution in [-0.4, -0.2) is 9.55 Å². The molecule has 29 heavy (non-hydrogen) atoms. The number of rotatable bonds is 5. The normalized spacial score (nSPS) is 16.8. The van der Waals surface area contributed by atoms with Gasteiger partial charge in [-0.25, -0.2) is 4.98 Å². The molecule has 1 heterocycles. The summed E-state index contributed by atoms with van der Waals surface area (Å²) < 4.78 is 2.24. The minimum Gasteiger partial charge on any atom is -0.327 e. The van der Waals surface area contributed by atoms with Crippen LogP contribution in [0.2, 0.25) is 0 Å². The molecule has 0 saturated carbocycles. The van der Waals surface area contributed by atoms with E-state index >= 15 is 0 Å². The third-order valence-corrected chi connectivity index (χ3v) is 5.80. The van der Waals surface area contributed by atoms with E-state index < -0.39 is 0 Å². The quantitative estimate of drug-likeness (QED) is 0.425. The second kappa shape index (κ2) is 7.92. The summed E-state index contributed by atoms with van der Waals surface area (Å²) in [6.45, 7) is 0.838. The summed E-state index contributed by atoms with van der Waals surface area (Å²) in [5.74, 6) is 0.495. The van der Waals surface area contributed by atoms with E-state index in [1.165, 1.54) is 33.5 Å². The van der Waals surface area contributed by atoms with Crippen LogP contribution in [0.15, 0.2) is 97.5 Å². The van der Waals surface area contributed by atoms with Gasteiger partial charge >= 0.3 is 0 Å². The smallest absolute Gasteiger partial charge is 0.0953 e. The molecule has 1 aliphatic rings. The zero-order valence-electron chi connectivity index (χ0n) is 16.4. The van der Waals surface area contributed by atoms with E-state index in [0.717, 1.165) is 19.4 Å². The third kappa shape index (κ3) is 3.79. The first kappa shape index (κ1) is 17.7. The van der Waals surface area contributed by atoms with Crippen molar-refractivity contribution in [2.75, 3.05) is 0 Å². The predicted octanol–water partition coefficient (Wildman–Crippen LogP) is 5.89. The monoisotopic (exact) mass is 376 g/mol. The summed E-state index contributed by atoms with van der Waals surface area (Å²) in [6, 6.07) is 30.3. The van der Waals surface area contributed by atoms with Gasteiger partial charge in [-0.1, -0.05) is 84.9 Å². The molecule has 0 aliphatic heterocycles. The highest BCUT2D eigenvalue weighted by Gasteiger charge is 2.27. The molecule has 0 N–H and O–H groups in total. The minimum absolute atomic E-state index is 0.495. The maximum atomic E-state index is 4.44. The van der Waals surface area contributed by atoms with Gasteiger partial charge in [0.15, 0.2) is 0 Å². The summed E-state index contributed by atoms with van der Waals surface area (Å²) in [7, 11) is 0. The van der Waals surface area contributed by atoms with Crippen molar-refractivity contribution >= 4 is 11.6 Å². The molecule has 0 spiro atoms. The lowest BCUT2D eigenvalue weighted by Crippen LogP contribution is -2.05. The third-order valence-electron chi connectivity index (χ3n) is 5.80. The van der Waals surface area contributed by atoms with E-state index in [4.69, 9.17) is 0 Å². The summed E-state index contributed by atoms with van der Waals surface area (Å²) in [6.07, 6.45) is 8.44. The standard InChI is InChI=1S/C27H24N2/c1-3-9-21(10-4-1)15-24-16-23-13-7-8-14-26(23)27(24)17-25-18-28-20-29(25)19-22-11-5-2-6-12-22/h1-14,17-18,20,24H,15-16,19H2. The van der Waals surface area contributed by atoms with Crippen molar-refractivity contribution in [3.8, 4) is 0 Å². The maximum Gasteiger partial charge on any atom is 0.0953 e. The molecule has 0 radical (unpaired) electrons. The molecule has 0 fully saturated rings. The fraction of sp³-hybridized carbons (Fsp3) is 0.148. The van der Waals surface area contributed by atoms with Crippen LogP contribution >= 0.6 is 0 Å². The molecule has 1 aromatic heterocycles. The Labute approximate surface area is 172 Å². The summed E-state index contributed by atoms with van der Waals surface area (Å²) in [4.78, 5) is 4.44. The average molecular weight is 377 g/mol. The van der Waals surface area contributed by atoms with E-state index in [2.05, 4.69) is 101 Å². The summed E-state index contributed by atoms with van der Waals surface area (Å²) in [5, 5.41) is 0. The van der Waals surface area contributed by atoms with E-state index in [9.17, 15) is 0 Å². The van der Waals surface area contributed by atoms with Gasteiger partial charge in [-0.15, -0.1) is 0 Å². The van der Waals surface area contributed by atoms with Crippen molar-refractivity contribution < 1.29 is 0 Å². The van der Waals surface area contributed by atoms with Crippen molar-refractivity contribution in [2.45, 2.75) is 19.4 Å². The van der Waals surface area contributed by atoms with E-state index in [-0.39, 0.29) is 0 Å². The van der Waals surface area contributed by atoms with Crippen molar-refractivity contribution in [2.24, 2.45) is 5.92 Å². The number of fused-ring (bicyclic) bond motifs is 1. The van der Waals surface area contributed by atoms with Crippen molar-refractivity contribution in [1.29, 1.82) is 0 Å². The molecule has 0 amide bonds. The lowest BCUT2D eigenvalue weighted by molar-refractivity contribution is 0.691. The van der Waals surface area contributed by atoms with Crippen molar-refractivity contribution in [1.82, 2.24) is 9.55 Å². The fourth-order valence-corrected chi connectivity index (χ4v) is 4.37. The Morgan fingerprint density at radius 2 is 1.52 bits per heavy atom. The van der Waals surface area contributed by atoms with Crippen LogP contribution in [0.5, 0.6) is 0 Å². The molecular formula is C27H24N2. The number of imidazole rings is 1. The van der Waals surface area contributed by atoms with Crippen LogP contribution in [-0.2, 0) is 19.4 Å². The molecule has 0 saturated heterocycles. The van der Waals surface area contributed by atoms with Gasteiger partial charge in [-0.05, 0) is 52.7 Å². The molecule has 142 valence electrons. The fourth-order valence-electron chi connectivity index (χ4n) is 4.37. The summed E-state index contributed by atoms with van der Waals surface area (Å²) >= 11 is 0. The Balaban J connectivity index is 1.50. The van der Waals surface area contributed by atoms with Gasteiger partial charge in [0.1, 0.15) is 0 Å². The van der Waals surface area contributed by atoms with Gasteiger partial charge in [0.25, 0.3) is 0 Å². The van der Waals surface area contributed by atoms with Crippen LogP contribution in [0.4, 0.5) is 0 Å². The van der Waals surface area contributed by atoms with Gasteiger partial charge in [0, 0.05) is 6.54 Å². The molecule has 2 nitrogen and oxygen atoms in total. The van der Waals surface area contributed by atoms with Crippen LogP contribution in [0, 0.1) is 5.92 Å². The molecule has 1 atom stereocenters. The van der Waals surface area contributed by atoms with Crippen LogP contribution in [0.25, 0.3) is 11.6 Å². The predicted molar refractivity (Wildman–Crippen MR) is 119 cm³/mol. The maximum absolute atomic E-state index is 4.44. The van der Waals surface area contributed by atoms with E-state index in [0.29, 0.717) is 5.92 Å². The van der Waals surface area contributed by atoms with Gasteiger partial charge in [-0.3, -0.25) is 0 Å². The number of nitrogens with zero attached hydrogens (tertiary/aromatic N) is 2. The van der Waals surface area contributed by atoms with Gasteiger partial charge in [0.2, 0.25) is 0 Å². The lowest BCUT2D eigenvalue weighted by Gasteiger charge is -2.14. The van der Waals surface area contributed by atoms with Crippen molar-refractivity contribution in [3.05, 3.63) is 125 Å². The number of aromatic nitrogens is 2. The Morgan fingerprint density at radius 3 is 2.31 bits per heavy atom. The highest BCUT2D eigenvalue weighted by molar-refractivity contribution is 5.86. The first-order valence-electron chi connectivity index (χ1n) is 10.2. The Bertz CT molecular complexity index is 1120. The van der Waals surface area contributed by atoms with Crippen LogP contribution in [0.3, 0.4) is 0 Å². The second-order valence-electron chi connectivity index (χ2n) is 7.78. The van der Waals surface area contributed by atoms with E-state index in [1.54, 1.807) is 0 Å². The zero-order chi connectivity index (χ0) is 19.5. The first-order chi connectivity index (χ1) is 14.4. The number of benzene rings is 3. The largest absolute Gasteiger partial charge is 0.327 e. The molecule has 0 bridgehead atoms. The van der Waals surface area contributed by atoms with Crippen molar-refractivity contribution in [3.63, 3.8) is 0 Å². The Hall–Kier alpha value is -3.39. The van der Waals surface area contributed by atoms with Gasteiger partial charge < -0.3 is 4.57 Å². The number of allylic oxidation sites excluding steroid dienone is 1. The molecular weight excluding hydrogens is 352 g/mol. The highest BCUT2D eigenvalue weighted by atomic mass is 15.0. The molecule has 4 aromatic rings.